The fourth-order valence-corrected chi connectivity index (χ4v) is 4.35. The van der Waals surface area contributed by atoms with Crippen LogP contribution in [-0.2, 0) is 6.61 Å². The van der Waals surface area contributed by atoms with Gasteiger partial charge in [-0.25, -0.2) is 0 Å². The van der Waals surface area contributed by atoms with E-state index in [2.05, 4.69) is 4.99 Å². The van der Waals surface area contributed by atoms with Crippen LogP contribution in [0.4, 0.5) is 5.69 Å². The van der Waals surface area contributed by atoms with Crippen LogP contribution in [-0.4, -0.2) is 36.7 Å². The Kier molecular flexibility index (Phi) is 4.11. The minimum absolute atomic E-state index is 0.0425. The Balaban J connectivity index is 1.44. The Morgan fingerprint density at radius 1 is 1.14 bits per heavy atom. The highest BCUT2D eigenvalue weighted by molar-refractivity contribution is 6.03. The van der Waals surface area contributed by atoms with Crippen LogP contribution >= 0.6 is 0 Å². The van der Waals surface area contributed by atoms with E-state index in [-0.39, 0.29) is 11.9 Å². The number of methoxy groups -OCH3 is 1. The van der Waals surface area contributed by atoms with Gasteiger partial charge in [-0.1, -0.05) is 30.3 Å². The van der Waals surface area contributed by atoms with Gasteiger partial charge in [-0.2, -0.15) is 0 Å². The number of carbonyl (C=O) groups excluding carboxylic acids is 1. The minimum atomic E-state index is 0.0425. The van der Waals surface area contributed by atoms with Gasteiger partial charge in [-0.05, 0) is 42.7 Å². The van der Waals surface area contributed by atoms with Crippen molar-refractivity contribution < 1.29 is 14.3 Å². The Bertz CT molecular complexity index is 934. The second kappa shape index (κ2) is 6.66. The zero-order chi connectivity index (χ0) is 19.1. The second-order valence-electron chi connectivity index (χ2n) is 8.09. The van der Waals surface area contributed by atoms with Crippen molar-refractivity contribution in [2.45, 2.75) is 38.3 Å². The third-order valence-electron chi connectivity index (χ3n) is 6.28. The number of amides is 1. The van der Waals surface area contributed by atoms with E-state index >= 15 is 0 Å². The predicted octanol–water partition coefficient (Wildman–Crippen LogP) is 4.37. The third kappa shape index (κ3) is 3.05. The quantitative estimate of drug-likeness (QED) is 0.796. The lowest BCUT2D eigenvalue weighted by Gasteiger charge is -2.37. The Hall–Kier alpha value is -2.82. The molecule has 5 heteroatoms. The highest BCUT2D eigenvalue weighted by Crippen LogP contribution is 2.55. The van der Waals surface area contributed by atoms with Crippen LogP contribution in [0.5, 0.6) is 11.5 Å². The summed E-state index contributed by atoms with van der Waals surface area (Å²) in [5.41, 5.74) is 2.79. The average molecular weight is 376 g/mol. The summed E-state index contributed by atoms with van der Waals surface area (Å²) in [6.45, 7) is 1.24. The maximum absolute atomic E-state index is 13.2. The predicted molar refractivity (Wildman–Crippen MR) is 108 cm³/mol. The van der Waals surface area contributed by atoms with Gasteiger partial charge in [0.25, 0.3) is 5.91 Å². The van der Waals surface area contributed by atoms with E-state index in [1.807, 2.05) is 47.5 Å². The third-order valence-corrected chi connectivity index (χ3v) is 6.28. The molecule has 3 aliphatic rings. The van der Waals surface area contributed by atoms with Crippen LogP contribution in [0, 0.1) is 5.41 Å². The van der Waals surface area contributed by atoms with Gasteiger partial charge >= 0.3 is 0 Å². The van der Waals surface area contributed by atoms with Crippen molar-refractivity contribution in [2.75, 3.05) is 13.7 Å². The normalized spacial score (nSPS) is 21.7. The first-order valence-corrected chi connectivity index (χ1v) is 9.91. The topological polar surface area (TPSA) is 51.1 Å². The highest BCUT2D eigenvalue weighted by Gasteiger charge is 2.49. The van der Waals surface area contributed by atoms with Crippen molar-refractivity contribution in [1.29, 1.82) is 0 Å². The zero-order valence-corrected chi connectivity index (χ0v) is 16.1. The molecule has 0 N–H and O–H groups in total. The van der Waals surface area contributed by atoms with E-state index in [0.717, 1.165) is 24.9 Å². The zero-order valence-electron chi connectivity index (χ0n) is 16.1. The van der Waals surface area contributed by atoms with Crippen molar-refractivity contribution in [1.82, 2.24) is 4.90 Å². The summed E-state index contributed by atoms with van der Waals surface area (Å²) in [6, 6.07) is 13.7. The van der Waals surface area contributed by atoms with Gasteiger partial charge in [0.15, 0.2) is 11.5 Å². The number of carbonyl (C=O) groups is 1. The van der Waals surface area contributed by atoms with E-state index in [1.165, 1.54) is 12.8 Å². The van der Waals surface area contributed by atoms with Crippen LogP contribution in [0.1, 0.15) is 41.6 Å². The number of hydrogen-bond acceptors (Lipinski definition) is 4. The summed E-state index contributed by atoms with van der Waals surface area (Å²) >= 11 is 0. The molecule has 2 heterocycles. The summed E-state index contributed by atoms with van der Waals surface area (Å²) in [5, 5.41) is 0. The second-order valence-corrected chi connectivity index (χ2v) is 8.09. The number of benzene rings is 2. The number of fused-ring (bicyclic) bond motifs is 2. The fourth-order valence-electron chi connectivity index (χ4n) is 4.35. The molecular formula is C23H24N2O3. The molecule has 5 nitrogen and oxygen atoms in total. The van der Waals surface area contributed by atoms with Gasteiger partial charge in [-0.3, -0.25) is 9.79 Å². The van der Waals surface area contributed by atoms with Gasteiger partial charge < -0.3 is 14.4 Å². The summed E-state index contributed by atoms with van der Waals surface area (Å²) in [6.07, 6.45) is 6.67. The van der Waals surface area contributed by atoms with Crippen molar-refractivity contribution in [3.05, 3.63) is 53.6 Å². The number of nitrogens with zero attached hydrogens (tertiary/aromatic N) is 2. The van der Waals surface area contributed by atoms with Gasteiger partial charge in [0.05, 0.1) is 24.4 Å². The van der Waals surface area contributed by atoms with E-state index in [1.54, 1.807) is 13.2 Å². The van der Waals surface area contributed by atoms with Gasteiger partial charge in [-0.15, -0.1) is 0 Å². The lowest BCUT2D eigenvalue weighted by molar-refractivity contribution is 0.0628. The first kappa shape index (κ1) is 17.3. The van der Waals surface area contributed by atoms with E-state index in [4.69, 9.17) is 9.47 Å². The monoisotopic (exact) mass is 376 g/mol. The molecule has 1 atom stereocenters. The molecule has 144 valence electrons. The molecule has 2 aromatic carbocycles. The number of piperidine rings is 1. The van der Waals surface area contributed by atoms with Crippen molar-refractivity contribution in [2.24, 2.45) is 10.4 Å². The van der Waals surface area contributed by atoms with E-state index < -0.39 is 0 Å². The number of aliphatic imine (C=N–C) groups is 1. The molecule has 1 saturated carbocycles. The molecule has 1 spiro atoms. The lowest BCUT2D eigenvalue weighted by Crippen LogP contribution is -2.46. The fraction of sp³-hybridized carbons (Fsp3) is 0.391. The van der Waals surface area contributed by atoms with Crippen molar-refractivity contribution in [3.8, 4) is 11.5 Å². The molecule has 2 aliphatic heterocycles. The molecule has 0 aromatic heterocycles. The Morgan fingerprint density at radius 2 is 1.96 bits per heavy atom. The highest BCUT2D eigenvalue weighted by atomic mass is 16.5. The Labute approximate surface area is 165 Å². The number of hydrogen-bond donors (Lipinski definition) is 0. The van der Waals surface area contributed by atoms with E-state index in [0.29, 0.717) is 34.8 Å². The molecule has 5 rings (SSSR count). The van der Waals surface area contributed by atoms with Crippen LogP contribution in [0.25, 0.3) is 0 Å². The average Bonchev–Trinajstić information content (AvgIpc) is 3.50. The number of ether oxygens (including phenoxy) is 2. The summed E-state index contributed by atoms with van der Waals surface area (Å²) in [4.78, 5) is 19.9. The smallest absolute Gasteiger partial charge is 0.256 e. The Morgan fingerprint density at radius 3 is 2.71 bits per heavy atom. The van der Waals surface area contributed by atoms with Gasteiger partial charge in [0.1, 0.15) is 6.61 Å². The van der Waals surface area contributed by atoms with Gasteiger partial charge in [0, 0.05) is 18.8 Å². The maximum Gasteiger partial charge on any atom is 0.256 e. The van der Waals surface area contributed by atoms with Crippen molar-refractivity contribution in [3.63, 3.8) is 0 Å². The van der Waals surface area contributed by atoms with Crippen LogP contribution in [0.2, 0.25) is 0 Å². The summed E-state index contributed by atoms with van der Waals surface area (Å²) < 4.78 is 11.5. The molecule has 28 heavy (non-hydrogen) atoms. The number of rotatable bonds is 4. The van der Waals surface area contributed by atoms with E-state index in [9.17, 15) is 4.79 Å². The summed E-state index contributed by atoms with van der Waals surface area (Å²) in [5.74, 6) is 1.21. The van der Waals surface area contributed by atoms with Crippen LogP contribution in [0.3, 0.4) is 0 Å². The molecule has 0 unspecified atom stereocenters. The van der Waals surface area contributed by atoms with Crippen LogP contribution in [0.15, 0.2) is 47.5 Å². The largest absolute Gasteiger partial charge is 0.493 e. The molecule has 2 aromatic rings. The SMILES string of the molecule is COc1cc2c(cc1OCc1ccccc1)N=C[C@@H]1CC3(CCN1C2=O)CC3. The molecule has 2 fully saturated rings. The van der Waals surface area contributed by atoms with Crippen LogP contribution < -0.4 is 9.47 Å². The first-order chi connectivity index (χ1) is 13.7. The molecule has 1 aliphatic carbocycles. The standard InChI is InChI=1S/C23H24N2O3/c1-27-20-11-18-19(12-21(20)28-15-16-5-3-2-4-6-16)24-14-17-13-23(7-8-23)9-10-25(17)22(18)26/h2-6,11-12,14,17H,7-10,13,15H2,1H3/t17-/m0/s1. The van der Waals surface area contributed by atoms with Gasteiger partial charge in [0.2, 0.25) is 0 Å². The molecule has 0 bridgehead atoms. The summed E-state index contributed by atoms with van der Waals surface area (Å²) in [7, 11) is 1.60. The molecular weight excluding hydrogens is 352 g/mol. The minimum Gasteiger partial charge on any atom is -0.493 e. The molecule has 1 saturated heterocycles. The molecule has 0 radical (unpaired) electrons. The van der Waals surface area contributed by atoms with Crippen molar-refractivity contribution >= 4 is 17.8 Å². The first-order valence-electron chi connectivity index (χ1n) is 9.91. The maximum atomic E-state index is 13.2. The molecule has 1 amide bonds. The lowest BCUT2D eigenvalue weighted by atomic mass is 9.88.